The van der Waals surface area contributed by atoms with E-state index in [0.717, 1.165) is 0 Å². The normalized spacial score (nSPS) is 12.6. The Bertz CT molecular complexity index is 877. The van der Waals surface area contributed by atoms with Crippen LogP contribution < -0.4 is 25.8 Å². The number of thiocarbonyl (C=S) groups is 1. The van der Waals surface area contributed by atoms with E-state index in [9.17, 15) is 14.0 Å². The molecule has 1 heterocycles. The number of rotatable bonds is 4. The summed E-state index contributed by atoms with van der Waals surface area (Å²) in [4.78, 5) is 25.6. The van der Waals surface area contributed by atoms with Crippen LogP contribution in [-0.2, 0) is 9.59 Å². The van der Waals surface area contributed by atoms with Crippen molar-refractivity contribution in [3.63, 3.8) is 0 Å². The van der Waals surface area contributed by atoms with Gasteiger partial charge in [-0.25, -0.2) is 4.39 Å². The van der Waals surface area contributed by atoms with Gasteiger partial charge < -0.3 is 15.0 Å². The number of anilines is 2. The predicted molar refractivity (Wildman–Crippen MR) is 103 cm³/mol. The summed E-state index contributed by atoms with van der Waals surface area (Å²) >= 11 is 5.01. The lowest BCUT2D eigenvalue weighted by Crippen LogP contribution is -2.46. The molecular formula is C18H17FN4O3S. The average Bonchev–Trinajstić information content (AvgIpc) is 2.67. The first-order valence-electron chi connectivity index (χ1n) is 8.17. The number of ether oxygens (including phenoxy) is 1. The van der Waals surface area contributed by atoms with E-state index >= 15 is 0 Å². The van der Waals surface area contributed by atoms with Crippen LogP contribution in [0.1, 0.15) is 6.42 Å². The first-order chi connectivity index (χ1) is 13.0. The molecule has 27 heavy (non-hydrogen) atoms. The van der Waals surface area contributed by atoms with Gasteiger partial charge in [0.25, 0.3) is 5.91 Å². The Morgan fingerprint density at radius 3 is 2.70 bits per heavy atom. The van der Waals surface area contributed by atoms with E-state index < -0.39 is 5.82 Å². The van der Waals surface area contributed by atoms with Crippen LogP contribution in [0.2, 0.25) is 0 Å². The van der Waals surface area contributed by atoms with Crippen LogP contribution >= 0.6 is 12.2 Å². The maximum absolute atomic E-state index is 13.5. The van der Waals surface area contributed by atoms with Crippen LogP contribution in [0.25, 0.3) is 0 Å². The number of carbonyl (C=O) groups excluding carboxylic acids is 2. The molecule has 2 amide bonds. The largest absolute Gasteiger partial charge is 0.482 e. The molecule has 9 heteroatoms. The highest BCUT2D eigenvalue weighted by Crippen LogP contribution is 2.31. The predicted octanol–water partition coefficient (Wildman–Crippen LogP) is 1.96. The molecule has 0 saturated heterocycles. The van der Waals surface area contributed by atoms with Gasteiger partial charge in [0.2, 0.25) is 5.91 Å². The number of para-hydroxylation sites is 3. The SMILES string of the molecule is O=C(CCN1C(=O)COc2ccccc21)NNC(=S)Nc1ccccc1F. The number of amides is 2. The maximum atomic E-state index is 13.5. The third-order valence-electron chi connectivity index (χ3n) is 3.81. The third-order valence-corrected chi connectivity index (χ3v) is 4.01. The van der Waals surface area contributed by atoms with Crippen LogP contribution in [0.4, 0.5) is 15.8 Å². The van der Waals surface area contributed by atoms with Gasteiger partial charge in [0, 0.05) is 13.0 Å². The van der Waals surface area contributed by atoms with Crippen LogP contribution in [0, 0.1) is 5.82 Å². The van der Waals surface area contributed by atoms with E-state index in [2.05, 4.69) is 16.2 Å². The van der Waals surface area contributed by atoms with Gasteiger partial charge in [0.15, 0.2) is 11.7 Å². The Morgan fingerprint density at radius 1 is 1.15 bits per heavy atom. The van der Waals surface area contributed by atoms with E-state index in [1.54, 1.807) is 30.3 Å². The molecule has 0 atom stereocenters. The lowest BCUT2D eigenvalue weighted by Gasteiger charge is -2.29. The Balaban J connectivity index is 1.48. The standard InChI is InChI=1S/C18H17FN4O3S/c19-12-5-1-2-6-13(12)20-18(27)22-21-16(24)9-10-23-14-7-3-4-8-15(14)26-11-17(23)25/h1-8H,9-11H2,(H,21,24)(H2,20,22,27). The number of nitrogens with zero attached hydrogens (tertiary/aromatic N) is 1. The molecule has 7 nitrogen and oxygen atoms in total. The van der Waals surface area contributed by atoms with Crippen molar-refractivity contribution >= 4 is 40.5 Å². The van der Waals surface area contributed by atoms with Crippen molar-refractivity contribution in [3.8, 4) is 5.75 Å². The van der Waals surface area contributed by atoms with Crippen molar-refractivity contribution in [1.82, 2.24) is 10.9 Å². The Morgan fingerprint density at radius 2 is 1.89 bits per heavy atom. The van der Waals surface area contributed by atoms with E-state index in [1.165, 1.54) is 17.0 Å². The van der Waals surface area contributed by atoms with Crippen molar-refractivity contribution in [2.75, 3.05) is 23.4 Å². The molecule has 0 aliphatic carbocycles. The van der Waals surface area contributed by atoms with Gasteiger partial charge in [-0.1, -0.05) is 24.3 Å². The van der Waals surface area contributed by atoms with Gasteiger partial charge in [-0.05, 0) is 36.5 Å². The molecule has 0 radical (unpaired) electrons. The highest BCUT2D eigenvalue weighted by Gasteiger charge is 2.25. The lowest BCUT2D eigenvalue weighted by molar-refractivity contribution is -0.122. The highest BCUT2D eigenvalue weighted by molar-refractivity contribution is 7.80. The maximum Gasteiger partial charge on any atom is 0.265 e. The molecule has 0 aromatic heterocycles. The number of hydrogen-bond donors (Lipinski definition) is 3. The first kappa shape index (κ1) is 18.6. The summed E-state index contributed by atoms with van der Waals surface area (Å²) in [5, 5.41) is 2.68. The van der Waals surface area contributed by atoms with Gasteiger partial charge in [-0.15, -0.1) is 0 Å². The topological polar surface area (TPSA) is 82.7 Å². The quantitative estimate of drug-likeness (QED) is 0.549. The van der Waals surface area contributed by atoms with Crippen LogP contribution in [0.15, 0.2) is 48.5 Å². The first-order valence-corrected chi connectivity index (χ1v) is 8.58. The monoisotopic (exact) mass is 388 g/mol. The zero-order chi connectivity index (χ0) is 19.2. The average molecular weight is 388 g/mol. The van der Waals surface area contributed by atoms with Crippen molar-refractivity contribution in [2.45, 2.75) is 6.42 Å². The number of fused-ring (bicyclic) bond motifs is 1. The minimum Gasteiger partial charge on any atom is -0.482 e. The van der Waals surface area contributed by atoms with Crippen LogP contribution in [-0.4, -0.2) is 30.1 Å². The summed E-state index contributed by atoms with van der Waals surface area (Å²) in [6.45, 7) is 0.133. The van der Waals surface area contributed by atoms with E-state index in [-0.39, 0.29) is 42.2 Å². The van der Waals surface area contributed by atoms with Gasteiger partial charge in [-0.3, -0.25) is 20.4 Å². The number of halogens is 1. The second-order valence-corrected chi connectivity index (χ2v) is 6.07. The smallest absolute Gasteiger partial charge is 0.265 e. The molecule has 0 unspecified atom stereocenters. The summed E-state index contributed by atoms with van der Waals surface area (Å²) in [6, 6.07) is 13.2. The number of carbonyl (C=O) groups is 2. The van der Waals surface area contributed by atoms with E-state index in [0.29, 0.717) is 11.4 Å². The summed E-state index contributed by atoms with van der Waals surface area (Å²) in [5.74, 6) is -0.445. The van der Waals surface area contributed by atoms with Crippen molar-refractivity contribution < 1.29 is 18.7 Å². The fraction of sp³-hybridized carbons (Fsp3) is 0.167. The fourth-order valence-electron chi connectivity index (χ4n) is 2.52. The Kier molecular flexibility index (Phi) is 5.82. The molecular weight excluding hydrogens is 371 g/mol. The van der Waals surface area contributed by atoms with Crippen molar-refractivity contribution in [1.29, 1.82) is 0 Å². The molecule has 1 aliphatic rings. The summed E-state index contributed by atoms with van der Waals surface area (Å²) < 4.78 is 18.9. The number of benzene rings is 2. The summed E-state index contributed by atoms with van der Waals surface area (Å²) in [7, 11) is 0. The highest BCUT2D eigenvalue weighted by atomic mass is 32.1. The molecule has 1 aliphatic heterocycles. The molecule has 0 saturated carbocycles. The van der Waals surface area contributed by atoms with Crippen molar-refractivity contribution in [2.24, 2.45) is 0 Å². The zero-order valence-corrected chi connectivity index (χ0v) is 15.0. The Hall–Kier alpha value is -3.20. The fourth-order valence-corrected chi connectivity index (χ4v) is 2.68. The summed E-state index contributed by atoms with van der Waals surface area (Å²) in [6.07, 6.45) is 0.0510. The van der Waals surface area contributed by atoms with Gasteiger partial charge in [-0.2, -0.15) is 0 Å². The number of nitrogens with one attached hydrogen (secondary N) is 3. The molecule has 0 spiro atoms. The number of hydrogen-bond acceptors (Lipinski definition) is 4. The van der Waals surface area contributed by atoms with Crippen LogP contribution in [0.5, 0.6) is 5.75 Å². The van der Waals surface area contributed by atoms with E-state index in [1.807, 2.05) is 6.07 Å². The van der Waals surface area contributed by atoms with Gasteiger partial charge >= 0.3 is 0 Å². The zero-order valence-electron chi connectivity index (χ0n) is 14.2. The summed E-state index contributed by atoms with van der Waals surface area (Å²) in [5.41, 5.74) is 5.74. The molecule has 3 N–H and O–H groups in total. The molecule has 0 fully saturated rings. The van der Waals surface area contributed by atoms with Crippen molar-refractivity contribution in [3.05, 3.63) is 54.3 Å². The lowest BCUT2D eigenvalue weighted by atomic mass is 10.2. The Labute approximate surface area is 160 Å². The number of hydrazine groups is 1. The van der Waals surface area contributed by atoms with E-state index in [4.69, 9.17) is 17.0 Å². The molecule has 140 valence electrons. The molecule has 2 aromatic carbocycles. The minimum absolute atomic E-state index is 0.0428. The molecule has 2 aromatic rings. The second-order valence-electron chi connectivity index (χ2n) is 5.66. The van der Waals surface area contributed by atoms with Crippen LogP contribution in [0.3, 0.4) is 0 Å². The third kappa shape index (κ3) is 4.70. The van der Waals surface area contributed by atoms with Gasteiger partial charge in [0.05, 0.1) is 11.4 Å². The van der Waals surface area contributed by atoms with Gasteiger partial charge in [0.1, 0.15) is 11.6 Å². The minimum atomic E-state index is -0.461. The second kappa shape index (κ2) is 8.45. The molecule has 3 rings (SSSR count). The molecule has 0 bridgehead atoms.